The van der Waals surface area contributed by atoms with Crippen molar-refractivity contribution < 1.29 is 27.0 Å². The number of rotatable bonds is 8. The normalized spacial score (nSPS) is 11.2. The van der Waals surface area contributed by atoms with Gasteiger partial charge in [0.2, 0.25) is 0 Å². The number of hydrogen-bond donors (Lipinski definition) is 0. The first-order valence-electron chi connectivity index (χ1n) is 8.46. The van der Waals surface area contributed by atoms with Crippen molar-refractivity contribution in [2.45, 2.75) is 11.4 Å². The van der Waals surface area contributed by atoms with E-state index in [0.29, 0.717) is 17.1 Å². The lowest BCUT2D eigenvalue weighted by molar-refractivity contribution is 0.391. The molecule has 0 amide bonds. The molecule has 3 aromatic rings. The monoisotopic (exact) mass is 472 g/mol. The number of thiazole rings is 1. The molecule has 30 heavy (non-hydrogen) atoms. The third kappa shape index (κ3) is 4.30. The molecule has 2 aromatic carbocycles. The van der Waals surface area contributed by atoms with E-state index in [4.69, 9.17) is 25.8 Å². The predicted octanol–water partition coefficient (Wildman–Crippen LogP) is 4.36. The maximum absolute atomic E-state index is 14.7. The van der Waals surface area contributed by atoms with Gasteiger partial charge in [0, 0.05) is 23.1 Å². The van der Waals surface area contributed by atoms with Crippen molar-refractivity contribution in [2.24, 2.45) is 0 Å². The van der Waals surface area contributed by atoms with Gasteiger partial charge in [-0.15, -0.1) is 11.3 Å². The van der Waals surface area contributed by atoms with Gasteiger partial charge in [-0.25, -0.2) is 22.1 Å². The number of benzene rings is 2. The Labute approximate surface area is 182 Å². The lowest BCUT2D eigenvalue weighted by Gasteiger charge is -2.24. The smallest absolute Gasteiger partial charge is 0.268 e. The van der Waals surface area contributed by atoms with Crippen molar-refractivity contribution in [3.63, 3.8) is 0 Å². The lowest BCUT2D eigenvalue weighted by Crippen LogP contribution is -2.31. The molecule has 0 aliphatic heterocycles. The summed E-state index contributed by atoms with van der Waals surface area (Å²) in [6.07, 6.45) is 0. The van der Waals surface area contributed by atoms with Crippen molar-refractivity contribution in [3.8, 4) is 17.2 Å². The molecule has 0 atom stereocenters. The average Bonchev–Trinajstić information content (AvgIpc) is 3.27. The van der Waals surface area contributed by atoms with Crippen molar-refractivity contribution in [1.29, 1.82) is 0 Å². The minimum absolute atomic E-state index is 0.0299. The zero-order valence-corrected chi connectivity index (χ0v) is 18.6. The largest absolute Gasteiger partial charge is 0.497 e. The van der Waals surface area contributed by atoms with E-state index in [-0.39, 0.29) is 23.1 Å². The first-order chi connectivity index (χ1) is 14.3. The molecule has 11 heteroatoms. The fourth-order valence-corrected chi connectivity index (χ4v) is 5.12. The molecule has 0 saturated carbocycles. The number of halogens is 2. The number of hydrogen-bond acceptors (Lipinski definition) is 7. The topological polar surface area (TPSA) is 78.0 Å². The molecule has 7 nitrogen and oxygen atoms in total. The Morgan fingerprint density at radius 3 is 2.43 bits per heavy atom. The van der Waals surface area contributed by atoms with Gasteiger partial charge in [0.25, 0.3) is 10.0 Å². The van der Waals surface area contributed by atoms with Gasteiger partial charge in [-0.3, -0.25) is 0 Å². The molecule has 0 N–H and O–H groups in total. The zero-order valence-electron chi connectivity index (χ0n) is 16.3. The summed E-state index contributed by atoms with van der Waals surface area (Å²) in [6.45, 7) is -0.150. The van der Waals surface area contributed by atoms with Gasteiger partial charge in [0.05, 0.1) is 38.4 Å². The molecule has 0 radical (unpaired) electrons. The quantitative estimate of drug-likeness (QED) is 0.485. The molecule has 0 saturated heterocycles. The maximum atomic E-state index is 14.7. The third-order valence-electron chi connectivity index (χ3n) is 4.26. The molecule has 1 aromatic heterocycles. The van der Waals surface area contributed by atoms with Gasteiger partial charge < -0.3 is 14.2 Å². The number of methoxy groups -OCH3 is 3. The predicted molar refractivity (Wildman–Crippen MR) is 113 cm³/mol. The molecule has 0 bridgehead atoms. The second kappa shape index (κ2) is 9.07. The standard InChI is InChI=1S/C19H18ClFN2O5S2/c1-26-13-5-4-12(16(6-13)27-2)9-23(19-10-29-11-22-19)30(24,25)18-7-14(20)17(28-3)8-15(18)21/h4-8,10-11H,9H2,1-3H3. The van der Waals surface area contributed by atoms with Gasteiger partial charge in [-0.2, -0.15) is 0 Å². The van der Waals surface area contributed by atoms with Gasteiger partial charge in [-0.1, -0.05) is 11.6 Å². The van der Waals surface area contributed by atoms with Crippen LogP contribution in [0.2, 0.25) is 5.02 Å². The Morgan fingerprint density at radius 1 is 1.10 bits per heavy atom. The van der Waals surface area contributed by atoms with E-state index < -0.39 is 20.7 Å². The molecular weight excluding hydrogens is 455 g/mol. The van der Waals surface area contributed by atoms with Gasteiger partial charge in [0.15, 0.2) is 5.82 Å². The number of anilines is 1. The van der Waals surface area contributed by atoms with E-state index in [2.05, 4.69) is 4.98 Å². The summed E-state index contributed by atoms with van der Waals surface area (Å²) < 4.78 is 58.0. The molecule has 0 spiro atoms. The Balaban J connectivity index is 2.11. The number of nitrogens with zero attached hydrogens (tertiary/aromatic N) is 2. The van der Waals surface area contributed by atoms with Crippen LogP contribution in [0.1, 0.15) is 5.56 Å². The molecule has 0 unspecified atom stereocenters. The van der Waals surface area contributed by atoms with Crippen molar-refractivity contribution >= 4 is 38.8 Å². The number of sulfonamides is 1. The second-order valence-electron chi connectivity index (χ2n) is 5.95. The summed E-state index contributed by atoms with van der Waals surface area (Å²) in [5.41, 5.74) is 2.02. The number of aromatic nitrogens is 1. The molecule has 0 aliphatic rings. The van der Waals surface area contributed by atoms with E-state index in [0.717, 1.165) is 16.4 Å². The van der Waals surface area contributed by atoms with Crippen molar-refractivity contribution in [1.82, 2.24) is 4.98 Å². The van der Waals surface area contributed by atoms with Crippen LogP contribution in [0.25, 0.3) is 0 Å². The van der Waals surface area contributed by atoms with Gasteiger partial charge in [-0.05, 0) is 18.2 Å². The molecule has 160 valence electrons. The SMILES string of the molecule is COc1ccc(CN(c2cscn2)S(=O)(=O)c2cc(Cl)c(OC)cc2F)c(OC)c1. The maximum Gasteiger partial charge on any atom is 0.268 e. The van der Waals surface area contributed by atoms with Crippen LogP contribution in [0.4, 0.5) is 10.2 Å². The minimum atomic E-state index is -4.37. The first kappa shape index (κ1) is 22.1. The van der Waals surface area contributed by atoms with E-state index >= 15 is 0 Å². The van der Waals surface area contributed by atoms with Crippen molar-refractivity contribution in [2.75, 3.05) is 25.6 Å². The zero-order chi connectivity index (χ0) is 21.9. The third-order valence-corrected chi connectivity index (χ3v) is 6.89. The highest BCUT2D eigenvalue weighted by molar-refractivity contribution is 7.92. The number of ether oxygens (including phenoxy) is 3. The highest BCUT2D eigenvalue weighted by atomic mass is 35.5. The Morgan fingerprint density at radius 2 is 1.83 bits per heavy atom. The van der Waals surface area contributed by atoms with E-state index in [1.807, 2.05) is 0 Å². The fraction of sp³-hybridized carbons (Fsp3) is 0.211. The molecule has 3 rings (SSSR count). The van der Waals surface area contributed by atoms with E-state index in [9.17, 15) is 12.8 Å². The van der Waals surface area contributed by atoms with Crippen LogP contribution in [0.5, 0.6) is 17.2 Å². The summed E-state index contributed by atoms with van der Waals surface area (Å²) in [4.78, 5) is 3.51. The van der Waals surface area contributed by atoms with Crippen LogP contribution >= 0.6 is 22.9 Å². The first-order valence-corrected chi connectivity index (χ1v) is 11.2. The van der Waals surface area contributed by atoms with Crippen LogP contribution in [-0.2, 0) is 16.6 Å². The van der Waals surface area contributed by atoms with Crippen LogP contribution < -0.4 is 18.5 Å². The van der Waals surface area contributed by atoms with Crippen LogP contribution in [-0.4, -0.2) is 34.7 Å². The highest BCUT2D eigenvalue weighted by Crippen LogP contribution is 2.35. The van der Waals surface area contributed by atoms with Crippen LogP contribution in [0, 0.1) is 5.82 Å². The minimum Gasteiger partial charge on any atom is -0.497 e. The van der Waals surface area contributed by atoms with Crippen molar-refractivity contribution in [3.05, 3.63) is 57.6 Å². The second-order valence-corrected chi connectivity index (χ2v) is 8.91. The average molecular weight is 473 g/mol. The molecule has 1 heterocycles. The summed E-state index contributed by atoms with van der Waals surface area (Å²) in [6, 6.07) is 6.93. The lowest BCUT2D eigenvalue weighted by atomic mass is 10.2. The summed E-state index contributed by atoms with van der Waals surface area (Å²) >= 11 is 7.27. The Kier molecular flexibility index (Phi) is 6.69. The fourth-order valence-electron chi connectivity index (χ4n) is 2.74. The van der Waals surface area contributed by atoms with Crippen LogP contribution in [0.3, 0.4) is 0 Å². The molecule has 0 fully saturated rings. The van der Waals surface area contributed by atoms with Gasteiger partial charge in [0.1, 0.15) is 28.0 Å². The summed E-state index contributed by atoms with van der Waals surface area (Å²) in [5, 5.41) is 1.52. The Bertz CT molecular complexity index is 1140. The van der Waals surface area contributed by atoms with E-state index in [1.165, 1.54) is 38.2 Å². The van der Waals surface area contributed by atoms with Crippen LogP contribution in [0.15, 0.2) is 46.1 Å². The summed E-state index contributed by atoms with van der Waals surface area (Å²) in [5.74, 6) is 0.150. The molecule has 0 aliphatic carbocycles. The van der Waals surface area contributed by atoms with E-state index in [1.54, 1.807) is 23.6 Å². The Hall–Kier alpha value is -2.56. The highest BCUT2D eigenvalue weighted by Gasteiger charge is 2.31. The summed E-state index contributed by atoms with van der Waals surface area (Å²) in [7, 11) is -0.0817. The molecular formula is C19H18ClFN2O5S2. The van der Waals surface area contributed by atoms with Gasteiger partial charge >= 0.3 is 0 Å².